The molecular formula is C25H33N3O3. The third-order valence-corrected chi connectivity index (χ3v) is 5.50. The Kier molecular flexibility index (Phi) is 8.06. The molecule has 1 aliphatic carbocycles. The van der Waals surface area contributed by atoms with Crippen molar-refractivity contribution in [1.29, 1.82) is 0 Å². The van der Waals surface area contributed by atoms with E-state index in [1.54, 1.807) is 19.2 Å². The van der Waals surface area contributed by atoms with Gasteiger partial charge in [0.1, 0.15) is 5.75 Å². The number of aryl methyl sites for hydroxylation is 1. The fraction of sp³-hybridized carbons (Fsp3) is 0.440. The van der Waals surface area contributed by atoms with E-state index in [1.807, 2.05) is 24.0 Å². The predicted molar refractivity (Wildman–Crippen MR) is 123 cm³/mol. The van der Waals surface area contributed by atoms with Gasteiger partial charge in [0, 0.05) is 0 Å². The maximum absolute atomic E-state index is 12.8. The molecule has 0 aliphatic heterocycles. The summed E-state index contributed by atoms with van der Waals surface area (Å²) in [6, 6.07) is 15.7. The minimum Gasteiger partial charge on any atom is -0.495 e. The first-order valence-electron chi connectivity index (χ1n) is 11.0. The molecule has 31 heavy (non-hydrogen) atoms. The molecule has 1 saturated carbocycles. The van der Waals surface area contributed by atoms with E-state index in [0.29, 0.717) is 23.9 Å². The van der Waals surface area contributed by atoms with Gasteiger partial charge in [-0.3, -0.25) is 14.5 Å². The van der Waals surface area contributed by atoms with Crippen molar-refractivity contribution in [2.45, 2.75) is 39.2 Å². The molecule has 2 N–H and O–H groups in total. The minimum atomic E-state index is -0.164. The smallest absolute Gasteiger partial charge is 0.238 e. The van der Waals surface area contributed by atoms with E-state index < -0.39 is 0 Å². The van der Waals surface area contributed by atoms with Gasteiger partial charge in [-0.2, -0.15) is 0 Å². The molecule has 6 heteroatoms. The number of benzene rings is 2. The summed E-state index contributed by atoms with van der Waals surface area (Å²) in [7, 11) is 1.57. The molecule has 3 rings (SSSR count). The standard InChI is InChI=1S/C25H33N3O3/c1-4-15-28(16-23(29)26-21-7-5-6-8-22(21)31-3)17-24(30)27-25(20-13-14-20)19-11-9-18(2)10-12-19/h5-12,20,25H,4,13-17H2,1-3H3,(H,26,29)(H,27,30). The van der Waals surface area contributed by atoms with E-state index in [2.05, 4.69) is 41.8 Å². The molecule has 1 unspecified atom stereocenters. The van der Waals surface area contributed by atoms with Crippen molar-refractivity contribution in [2.75, 3.05) is 32.1 Å². The van der Waals surface area contributed by atoms with Gasteiger partial charge in [-0.15, -0.1) is 0 Å². The van der Waals surface area contributed by atoms with Crippen molar-refractivity contribution < 1.29 is 14.3 Å². The maximum atomic E-state index is 12.8. The first-order valence-corrected chi connectivity index (χ1v) is 11.0. The van der Waals surface area contributed by atoms with E-state index in [-0.39, 0.29) is 30.9 Å². The molecule has 1 fully saturated rings. The molecule has 0 saturated heterocycles. The van der Waals surface area contributed by atoms with Crippen LogP contribution >= 0.6 is 0 Å². The molecule has 0 bridgehead atoms. The van der Waals surface area contributed by atoms with Crippen LogP contribution in [0, 0.1) is 12.8 Å². The Morgan fingerprint density at radius 3 is 2.39 bits per heavy atom. The summed E-state index contributed by atoms with van der Waals surface area (Å²) in [5, 5.41) is 6.10. The molecule has 2 aromatic carbocycles. The van der Waals surface area contributed by atoms with Crippen LogP contribution in [0.5, 0.6) is 5.75 Å². The molecule has 0 aromatic heterocycles. The maximum Gasteiger partial charge on any atom is 0.238 e. The summed E-state index contributed by atoms with van der Waals surface area (Å²) in [4.78, 5) is 27.3. The number of amides is 2. The van der Waals surface area contributed by atoms with Gasteiger partial charge in [0.05, 0.1) is 31.9 Å². The molecule has 166 valence electrons. The predicted octanol–water partition coefficient (Wildman–Crippen LogP) is 3.92. The van der Waals surface area contributed by atoms with E-state index >= 15 is 0 Å². The van der Waals surface area contributed by atoms with Crippen LogP contribution < -0.4 is 15.4 Å². The van der Waals surface area contributed by atoms with E-state index in [1.165, 1.54) is 5.56 Å². The second-order valence-corrected chi connectivity index (χ2v) is 8.25. The first-order chi connectivity index (χ1) is 15.0. The highest BCUT2D eigenvalue weighted by atomic mass is 16.5. The van der Waals surface area contributed by atoms with Gasteiger partial charge in [-0.25, -0.2) is 0 Å². The summed E-state index contributed by atoms with van der Waals surface area (Å²) >= 11 is 0. The first kappa shape index (κ1) is 22.8. The highest BCUT2D eigenvalue weighted by molar-refractivity contribution is 5.94. The van der Waals surface area contributed by atoms with Gasteiger partial charge in [-0.1, -0.05) is 48.9 Å². The molecule has 1 atom stereocenters. The molecule has 2 amide bonds. The lowest BCUT2D eigenvalue weighted by molar-refractivity contribution is -0.124. The number of methoxy groups -OCH3 is 1. The van der Waals surface area contributed by atoms with Crippen molar-refractivity contribution >= 4 is 17.5 Å². The SMILES string of the molecule is CCCN(CC(=O)Nc1ccccc1OC)CC(=O)NC(c1ccc(C)cc1)C1CC1. The fourth-order valence-electron chi connectivity index (χ4n) is 3.77. The summed E-state index contributed by atoms with van der Waals surface area (Å²) < 4.78 is 5.29. The van der Waals surface area contributed by atoms with Gasteiger partial charge < -0.3 is 15.4 Å². The second-order valence-electron chi connectivity index (χ2n) is 8.25. The largest absolute Gasteiger partial charge is 0.495 e. The lowest BCUT2D eigenvalue weighted by Gasteiger charge is -2.24. The zero-order valence-electron chi connectivity index (χ0n) is 18.7. The summed E-state index contributed by atoms with van der Waals surface area (Å²) in [5.41, 5.74) is 2.99. The number of para-hydroxylation sites is 2. The van der Waals surface area contributed by atoms with Gasteiger partial charge >= 0.3 is 0 Å². The highest BCUT2D eigenvalue weighted by Crippen LogP contribution is 2.41. The monoisotopic (exact) mass is 423 g/mol. The van der Waals surface area contributed by atoms with Crippen LogP contribution in [0.1, 0.15) is 43.4 Å². The zero-order chi connectivity index (χ0) is 22.2. The molecular weight excluding hydrogens is 390 g/mol. The fourth-order valence-corrected chi connectivity index (χ4v) is 3.77. The Morgan fingerprint density at radius 2 is 1.74 bits per heavy atom. The third kappa shape index (κ3) is 6.82. The lowest BCUT2D eigenvalue weighted by atomic mass is 10.0. The molecule has 6 nitrogen and oxygen atoms in total. The summed E-state index contributed by atoms with van der Waals surface area (Å²) in [6.45, 7) is 5.13. The number of hydrogen-bond acceptors (Lipinski definition) is 4. The molecule has 0 spiro atoms. The average molecular weight is 424 g/mol. The zero-order valence-corrected chi connectivity index (χ0v) is 18.7. The van der Waals surface area contributed by atoms with Crippen LogP contribution in [0.2, 0.25) is 0 Å². The Labute approximate surface area is 185 Å². The second kappa shape index (κ2) is 11.0. The number of carbonyl (C=O) groups is 2. The number of nitrogens with zero attached hydrogens (tertiary/aromatic N) is 1. The van der Waals surface area contributed by atoms with E-state index in [9.17, 15) is 9.59 Å². The van der Waals surface area contributed by atoms with Crippen LogP contribution in [0.25, 0.3) is 0 Å². The number of ether oxygens (including phenoxy) is 1. The van der Waals surface area contributed by atoms with Crippen LogP contribution in [-0.2, 0) is 9.59 Å². The quantitative estimate of drug-likeness (QED) is 0.575. The normalized spacial score (nSPS) is 14.2. The molecule has 0 radical (unpaired) electrons. The highest BCUT2D eigenvalue weighted by Gasteiger charge is 2.33. The third-order valence-electron chi connectivity index (χ3n) is 5.50. The topological polar surface area (TPSA) is 70.7 Å². The van der Waals surface area contributed by atoms with E-state index in [0.717, 1.165) is 24.8 Å². The summed E-state index contributed by atoms with van der Waals surface area (Å²) in [6.07, 6.45) is 3.14. The van der Waals surface area contributed by atoms with E-state index in [4.69, 9.17) is 4.74 Å². The molecule has 2 aromatic rings. The van der Waals surface area contributed by atoms with Crippen molar-refractivity contribution in [3.8, 4) is 5.75 Å². The van der Waals surface area contributed by atoms with Crippen molar-refractivity contribution in [2.24, 2.45) is 5.92 Å². The van der Waals surface area contributed by atoms with Crippen LogP contribution in [0.3, 0.4) is 0 Å². The number of carbonyl (C=O) groups excluding carboxylic acids is 2. The minimum absolute atomic E-state index is 0.0407. The van der Waals surface area contributed by atoms with Crippen LogP contribution in [-0.4, -0.2) is 43.5 Å². The van der Waals surface area contributed by atoms with Crippen molar-refractivity contribution in [3.63, 3.8) is 0 Å². The Balaban J connectivity index is 1.58. The van der Waals surface area contributed by atoms with Crippen molar-refractivity contribution in [1.82, 2.24) is 10.2 Å². The van der Waals surface area contributed by atoms with Crippen molar-refractivity contribution in [3.05, 3.63) is 59.7 Å². The molecule has 0 heterocycles. The van der Waals surface area contributed by atoms with Gasteiger partial charge in [-0.05, 0) is 56.3 Å². The Hall–Kier alpha value is -2.86. The Morgan fingerprint density at radius 1 is 1.06 bits per heavy atom. The van der Waals surface area contributed by atoms with Crippen LogP contribution in [0.15, 0.2) is 48.5 Å². The van der Waals surface area contributed by atoms with Gasteiger partial charge in [0.25, 0.3) is 0 Å². The van der Waals surface area contributed by atoms with Gasteiger partial charge in [0.2, 0.25) is 11.8 Å². The number of hydrogen-bond donors (Lipinski definition) is 2. The lowest BCUT2D eigenvalue weighted by Crippen LogP contribution is -2.42. The summed E-state index contributed by atoms with van der Waals surface area (Å²) in [5.74, 6) is 0.903. The number of nitrogens with one attached hydrogen (secondary N) is 2. The number of anilines is 1. The number of rotatable bonds is 11. The molecule has 1 aliphatic rings. The van der Waals surface area contributed by atoms with Gasteiger partial charge in [0.15, 0.2) is 0 Å². The Bertz CT molecular complexity index is 878. The van der Waals surface area contributed by atoms with Crippen LogP contribution in [0.4, 0.5) is 5.69 Å². The average Bonchev–Trinajstić information content (AvgIpc) is 3.58.